The highest BCUT2D eigenvalue weighted by atomic mass is 16.6. The van der Waals surface area contributed by atoms with E-state index in [2.05, 4.69) is 12.1 Å². The number of carbonyl (C=O) groups excluding carboxylic acids is 1. The molecule has 0 spiro atoms. The smallest absolute Gasteiger partial charge is 0.251 e. The van der Waals surface area contributed by atoms with E-state index >= 15 is 0 Å². The maximum Gasteiger partial charge on any atom is 0.251 e. The molecule has 3 rings (SSSR count). The van der Waals surface area contributed by atoms with E-state index in [1.165, 1.54) is 0 Å². The van der Waals surface area contributed by atoms with Crippen LogP contribution >= 0.6 is 0 Å². The van der Waals surface area contributed by atoms with Gasteiger partial charge in [-0.3, -0.25) is 15.1 Å². The van der Waals surface area contributed by atoms with E-state index in [4.69, 9.17) is 9.25 Å². The number of carbonyl (C=O) groups is 1. The van der Waals surface area contributed by atoms with E-state index in [-0.39, 0.29) is 12.5 Å². The molecule has 5 heteroatoms. The lowest BCUT2D eigenvalue weighted by Crippen LogP contribution is -2.33. The number of furan rings is 1. The molecule has 0 unspecified atom stereocenters. The fraction of sp³-hybridized carbons (Fsp3) is 0.312. The van der Waals surface area contributed by atoms with Crippen molar-refractivity contribution in [2.24, 2.45) is 0 Å². The van der Waals surface area contributed by atoms with Crippen molar-refractivity contribution >= 4 is 22.6 Å². The van der Waals surface area contributed by atoms with E-state index < -0.39 is 0 Å². The molecule has 5 nitrogen and oxygen atoms in total. The standard InChI is InChI=1S/C16H18N2O3/c1-12(15-10-13-6-2-3-7-14(13)21-15)17-20-11-16(19)18-8-4-5-9-18/h2-3,6-7,10,17H,1,4-5,8-9,11H2. The highest BCUT2D eigenvalue weighted by Crippen LogP contribution is 2.22. The van der Waals surface area contributed by atoms with Crippen LogP contribution in [-0.4, -0.2) is 30.5 Å². The van der Waals surface area contributed by atoms with E-state index in [0.29, 0.717) is 11.5 Å². The Hall–Kier alpha value is -2.27. The molecule has 1 aliphatic heterocycles. The zero-order valence-corrected chi connectivity index (χ0v) is 11.8. The molecule has 0 radical (unpaired) electrons. The van der Waals surface area contributed by atoms with Crippen molar-refractivity contribution in [3.8, 4) is 0 Å². The van der Waals surface area contributed by atoms with Gasteiger partial charge >= 0.3 is 0 Å². The molecular formula is C16H18N2O3. The molecule has 0 bridgehead atoms. The summed E-state index contributed by atoms with van der Waals surface area (Å²) >= 11 is 0. The van der Waals surface area contributed by atoms with Gasteiger partial charge in [-0.2, -0.15) is 0 Å². The minimum absolute atomic E-state index is 0.000746. The number of nitrogens with zero attached hydrogens (tertiary/aromatic N) is 1. The number of benzene rings is 1. The van der Waals surface area contributed by atoms with Crippen LogP contribution in [0.1, 0.15) is 18.6 Å². The molecule has 1 amide bonds. The lowest BCUT2D eigenvalue weighted by molar-refractivity contribution is -0.136. The minimum Gasteiger partial charge on any atom is -0.454 e. The molecule has 1 fully saturated rings. The Morgan fingerprint density at radius 3 is 2.86 bits per heavy atom. The van der Waals surface area contributed by atoms with E-state index in [0.717, 1.165) is 36.9 Å². The first kappa shape index (κ1) is 13.7. The molecule has 1 saturated heterocycles. The van der Waals surface area contributed by atoms with Crippen molar-refractivity contribution in [1.82, 2.24) is 10.4 Å². The van der Waals surface area contributed by atoms with Gasteiger partial charge in [0, 0.05) is 18.5 Å². The fourth-order valence-corrected chi connectivity index (χ4v) is 2.42. The van der Waals surface area contributed by atoms with Gasteiger partial charge in [0.15, 0.2) is 12.4 Å². The topological polar surface area (TPSA) is 54.7 Å². The largest absolute Gasteiger partial charge is 0.454 e. The SMILES string of the molecule is C=C(NOCC(=O)N1CCCC1)c1cc2ccccc2o1. The monoisotopic (exact) mass is 286 g/mol. The third-order valence-electron chi connectivity index (χ3n) is 3.57. The maximum absolute atomic E-state index is 11.8. The molecule has 1 aromatic heterocycles. The third-order valence-corrected chi connectivity index (χ3v) is 3.57. The van der Waals surface area contributed by atoms with Crippen molar-refractivity contribution in [1.29, 1.82) is 0 Å². The van der Waals surface area contributed by atoms with Crippen molar-refractivity contribution in [3.05, 3.63) is 42.7 Å². The number of fused-ring (bicyclic) bond motifs is 1. The molecule has 0 saturated carbocycles. The summed E-state index contributed by atoms with van der Waals surface area (Å²) in [5, 5.41) is 1.00. The third kappa shape index (κ3) is 3.08. The quantitative estimate of drug-likeness (QED) is 0.858. The van der Waals surface area contributed by atoms with Gasteiger partial charge in [-0.05, 0) is 25.0 Å². The Balaban J connectivity index is 1.53. The van der Waals surface area contributed by atoms with Crippen LogP contribution in [0.5, 0.6) is 0 Å². The van der Waals surface area contributed by atoms with Crippen LogP contribution in [0.2, 0.25) is 0 Å². The molecule has 1 aromatic carbocycles. The van der Waals surface area contributed by atoms with Crippen molar-refractivity contribution in [2.75, 3.05) is 19.7 Å². The summed E-state index contributed by atoms with van der Waals surface area (Å²) in [6.45, 7) is 5.51. The lowest BCUT2D eigenvalue weighted by Gasteiger charge is -2.15. The van der Waals surface area contributed by atoms with Gasteiger partial charge in [0.1, 0.15) is 5.58 Å². The summed E-state index contributed by atoms with van der Waals surface area (Å²) < 4.78 is 5.65. The van der Waals surface area contributed by atoms with Gasteiger partial charge in [-0.25, -0.2) is 0 Å². The van der Waals surface area contributed by atoms with Crippen LogP contribution in [0.4, 0.5) is 0 Å². The summed E-state index contributed by atoms with van der Waals surface area (Å²) in [6.07, 6.45) is 2.15. The van der Waals surface area contributed by atoms with Gasteiger partial charge in [0.05, 0.1) is 5.70 Å². The average Bonchev–Trinajstić information content (AvgIpc) is 3.16. The number of amides is 1. The first-order chi connectivity index (χ1) is 10.2. The van der Waals surface area contributed by atoms with E-state index in [1.54, 1.807) is 0 Å². The van der Waals surface area contributed by atoms with Crippen LogP contribution in [0.15, 0.2) is 41.3 Å². The fourth-order valence-electron chi connectivity index (χ4n) is 2.42. The average molecular weight is 286 g/mol. The number of para-hydroxylation sites is 1. The molecule has 110 valence electrons. The van der Waals surface area contributed by atoms with Crippen molar-refractivity contribution < 1.29 is 14.0 Å². The lowest BCUT2D eigenvalue weighted by atomic mass is 10.2. The molecule has 2 aromatic rings. The normalized spacial score (nSPS) is 14.6. The predicted octanol–water partition coefficient (Wildman–Crippen LogP) is 2.55. The molecule has 1 N–H and O–H groups in total. The second kappa shape index (κ2) is 6.01. The second-order valence-corrected chi connectivity index (χ2v) is 5.11. The van der Waals surface area contributed by atoms with Crippen LogP contribution in [0.25, 0.3) is 16.7 Å². The summed E-state index contributed by atoms with van der Waals surface area (Å²) in [7, 11) is 0. The Bertz CT molecular complexity index is 623. The summed E-state index contributed by atoms with van der Waals surface area (Å²) in [4.78, 5) is 18.8. The zero-order chi connectivity index (χ0) is 14.7. The summed E-state index contributed by atoms with van der Waals surface area (Å²) in [5.41, 5.74) is 3.97. The Kier molecular flexibility index (Phi) is 3.92. The number of hydrogen-bond donors (Lipinski definition) is 1. The highest BCUT2D eigenvalue weighted by molar-refractivity contribution is 5.81. The molecule has 2 heterocycles. The van der Waals surface area contributed by atoms with Gasteiger partial charge in [-0.1, -0.05) is 24.8 Å². The first-order valence-corrected chi connectivity index (χ1v) is 7.07. The van der Waals surface area contributed by atoms with Crippen molar-refractivity contribution in [2.45, 2.75) is 12.8 Å². The van der Waals surface area contributed by atoms with Crippen LogP contribution in [0, 0.1) is 0 Å². The molecule has 1 aliphatic rings. The molecule has 0 atom stereocenters. The molecule has 21 heavy (non-hydrogen) atoms. The van der Waals surface area contributed by atoms with Crippen LogP contribution in [0.3, 0.4) is 0 Å². The predicted molar refractivity (Wildman–Crippen MR) is 80.1 cm³/mol. The maximum atomic E-state index is 11.8. The van der Waals surface area contributed by atoms with Gasteiger partial charge in [0.25, 0.3) is 5.91 Å². The molecular weight excluding hydrogens is 268 g/mol. The minimum atomic E-state index is -0.00240. The van der Waals surface area contributed by atoms with Gasteiger partial charge in [-0.15, -0.1) is 0 Å². The second-order valence-electron chi connectivity index (χ2n) is 5.11. The van der Waals surface area contributed by atoms with Crippen molar-refractivity contribution in [3.63, 3.8) is 0 Å². The van der Waals surface area contributed by atoms with E-state index in [1.807, 2.05) is 35.2 Å². The Labute approximate surface area is 123 Å². The van der Waals surface area contributed by atoms with Gasteiger partial charge in [0.2, 0.25) is 0 Å². The number of nitrogens with one attached hydrogen (secondary N) is 1. The molecule has 0 aliphatic carbocycles. The van der Waals surface area contributed by atoms with E-state index in [9.17, 15) is 4.79 Å². The van der Waals surface area contributed by atoms with Crippen LogP contribution in [-0.2, 0) is 9.63 Å². The Morgan fingerprint density at radius 2 is 2.10 bits per heavy atom. The first-order valence-electron chi connectivity index (χ1n) is 7.07. The zero-order valence-electron chi connectivity index (χ0n) is 11.8. The Morgan fingerprint density at radius 1 is 1.33 bits per heavy atom. The number of hydroxylamine groups is 1. The number of hydrogen-bond acceptors (Lipinski definition) is 4. The highest BCUT2D eigenvalue weighted by Gasteiger charge is 2.18. The number of rotatable bonds is 5. The van der Waals surface area contributed by atoms with Crippen LogP contribution < -0.4 is 5.48 Å². The summed E-state index contributed by atoms with van der Waals surface area (Å²) in [5.74, 6) is 0.599. The number of likely N-dealkylation sites (tertiary alicyclic amines) is 1. The van der Waals surface area contributed by atoms with Gasteiger partial charge < -0.3 is 9.32 Å². The summed E-state index contributed by atoms with van der Waals surface area (Å²) in [6, 6.07) is 9.60.